The maximum Gasteiger partial charge on any atom is 0.0470 e. The van der Waals surface area contributed by atoms with Crippen molar-refractivity contribution < 1.29 is 0 Å². The number of rotatable bonds is 6. The molecule has 0 fully saturated rings. The zero-order chi connectivity index (χ0) is 11.1. The van der Waals surface area contributed by atoms with Crippen molar-refractivity contribution in [1.29, 1.82) is 0 Å². The fourth-order valence-electron chi connectivity index (χ4n) is 1.99. The van der Waals surface area contributed by atoms with Crippen LogP contribution in [-0.4, -0.2) is 24.5 Å². The molecular formula is C13H22N2. The fraction of sp³-hybridized carbons (Fsp3) is 0.538. The van der Waals surface area contributed by atoms with Gasteiger partial charge in [-0.2, -0.15) is 0 Å². The Balaban J connectivity index is 2.77. The molecule has 2 nitrogen and oxygen atoms in total. The Morgan fingerprint density at radius 2 is 1.87 bits per heavy atom. The molecule has 1 aromatic rings. The molecule has 0 aromatic heterocycles. The first-order valence-electron chi connectivity index (χ1n) is 5.82. The van der Waals surface area contributed by atoms with E-state index in [1.807, 2.05) is 6.07 Å². The van der Waals surface area contributed by atoms with Crippen LogP contribution in [-0.2, 0) is 0 Å². The van der Waals surface area contributed by atoms with Crippen molar-refractivity contribution in [3.63, 3.8) is 0 Å². The van der Waals surface area contributed by atoms with E-state index < -0.39 is 0 Å². The topological polar surface area (TPSA) is 29.3 Å². The molecule has 1 unspecified atom stereocenters. The van der Waals surface area contributed by atoms with Gasteiger partial charge in [0.2, 0.25) is 0 Å². The van der Waals surface area contributed by atoms with Gasteiger partial charge in [-0.05, 0) is 25.1 Å². The van der Waals surface area contributed by atoms with Gasteiger partial charge >= 0.3 is 0 Å². The summed E-state index contributed by atoms with van der Waals surface area (Å²) in [5.74, 6) is 0. The maximum absolute atomic E-state index is 5.87. The van der Waals surface area contributed by atoms with E-state index in [0.717, 1.165) is 13.1 Å². The largest absolute Gasteiger partial charge is 0.329 e. The highest BCUT2D eigenvalue weighted by Crippen LogP contribution is 2.19. The third-order valence-corrected chi connectivity index (χ3v) is 2.77. The molecule has 0 saturated heterocycles. The minimum atomic E-state index is 0.371. The van der Waals surface area contributed by atoms with E-state index in [1.165, 1.54) is 12.0 Å². The predicted octanol–water partition coefficient (Wildman–Crippen LogP) is 2.42. The summed E-state index contributed by atoms with van der Waals surface area (Å²) in [6.07, 6.45) is 1.18. The molecule has 0 aliphatic heterocycles. The Labute approximate surface area is 93.1 Å². The number of hydrogen-bond acceptors (Lipinski definition) is 2. The normalized spacial score (nSPS) is 13.1. The Bertz CT molecular complexity index is 258. The van der Waals surface area contributed by atoms with Gasteiger partial charge < -0.3 is 5.73 Å². The highest BCUT2D eigenvalue weighted by Gasteiger charge is 2.15. The number of nitrogens with zero attached hydrogens (tertiary/aromatic N) is 1. The summed E-state index contributed by atoms with van der Waals surface area (Å²) in [6.45, 7) is 7.28. The Kier molecular flexibility index (Phi) is 5.37. The van der Waals surface area contributed by atoms with Gasteiger partial charge in [0.25, 0.3) is 0 Å². The highest BCUT2D eigenvalue weighted by atomic mass is 15.2. The summed E-state index contributed by atoms with van der Waals surface area (Å²) in [5.41, 5.74) is 7.20. The predicted molar refractivity (Wildman–Crippen MR) is 65.8 cm³/mol. The molecule has 84 valence electrons. The zero-order valence-electron chi connectivity index (χ0n) is 9.82. The highest BCUT2D eigenvalue weighted by molar-refractivity contribution is 5.19. The van der Waals surface area contributed by atoms with Crippen LogP contribution >= 0.6 is 0 Å². The molecule has 0 radical (unpaired) electrons. The summed E-state index contributed by atoms with van der Waals surface area (Å²) in [4.78, 5) is 2.44. The number of likely N-dealkylation sites (N-methyl/N-ethyl adjacent to an activating group) is 1. The molecule has 0 amide bonds. The third-order valence-electron chi connectivity index (χ3n) is 2.77. The second kappa shape index (κ2) is 6.59. The molecule has 0 spiro atoms. The van der Waals surface area contributed by atoms with Crippen LogP contribution in [0.25, 0.3) is 0 Å². The Hall–Kier alpha value is -0.860. The third kappa shape index (κ3) is 3.33. The van der Waals surface area contributed by atoms with Crippen molar-refractivity contribution in [2.75, 3.05) is 19.6 Å². The van der Waals surface area contributed by atoms with E-state index in [4.69, 9.17) is 5.73 Å². The molecule has 0 aliphatic carbocycles. The van der Waals surface area contributed by atoms with Crippen LogP contribution in [0.2, 0.25) is 0 Å². The average molecular weight is 206 g/mol. The van der Waals surface area contributed by atoms with Crippen LogP contribution in [0.15, 0.2) is 30.3 Å². The minimum Gasteiger partial charge on any atom is -0.329 e. The molecular weight excluding hydrogens is 184 g/mol. The molecule has 2 heteroatoms. The minimum absolute atomic E-state index is 0.371. The lowest BCUT2D eigenvalue weighted by Gasteiger charge is -2.29. The van der Waals surface area contributed by atoms with Gasteiger partial charge in [0.15, 0.2) is 0 Å². The van der Waals surface area contributed by atoms with Crippen LogP contribution in [0.3, 0.4) is 0 Å². The molecule has 15 heavy (non-hydrogen) atoms. The van der Waals surface area contributed by atoms with Gasteiger partial charge in [0, 0.05) is 12.6 Å². The van der Waals surface area contributed by atoms with Crippen LogP contribution < -0.4 is 5.73 Å². The van der Waals surface area contributed by atoms with Crippen molar-refractivity contribution in [1.82, 2.24) is 4.90 Å². The van der Waals surface area contributed by atoms with E-state index in [0.29, 0.717) is 12.6 Å². The Morgan fingerprint density at radius 3 is 2.33 bits per heavy atom. The van der Waals surface area contributed by atoms with Crippen molar-refractivity contribution in [3.8, 4) is 0 Å². The monoisotopic (exact) mass is 206 g/mol. The average Bonchev–Trinajstić information content (AvgIpc) is 2.30. The lowest BCUT2D eigenvalue weighted by Crippen LogP contribution is -2.34. The van der Waals surface area contributed by atoms with Crippen LogP contribution in [0, 0.1) is 0 Å². The number of benzene rings is 1. The first-order chi connectivity index (χ1) is 7.33. The van der Waals surface area contributed by atoms with Crippen molar-refractivity contribution in [3.05, 3.63) is 35.9 Å². The Morgan fingerprint density at radius 1 is 1.20 bits per heavy atom. The molecule has 0 aliphatic rings. The zero-order valence-corrected chi connectivity index (χ0v) is 9.82. The van der Waals surface area contributed by atoms with Gasteiger partial charge in [-0.25, -0.2) is 0 Å². The SMILES string of the molecule is CCCN(CC)C(CN)c1ccccc1. The lowest BCUT2D eigenvalue weighted by molar-refractivity contribution is 0.213. The summed E-state index contributed by atoms with van der Waals surface area (Å²) in [6, 6.07) is 10.9. The molecule has 0 bridgehead atoms. The molecule has 0 heterocycles. The molecule has 1 rings (SSSR count). The second-order valence-corrected chi connectivity index (χ2v) is 3.79. The molecule has 1 atom stereocenters. The van der Waals surface area contributed by atoms with Crippen LogP contribution in [0.4, 0.5) is 0 Å². The van der Waals surface area contributed by atoms with Gasteiger partial charge in [0.05, 0.1) is 0 Å². The molecule has 1 aromatic carbocycles. The van der Waals surface area contributed by atoms with E-state index in [2.05, 4.69) is 43.0 Å². The van der Waals surface area contributed by atoms with Gasteiger partial charge in [-0.1, -0.05) is 44.2 Å². The van der Waals surface area contributed by atoms with Crippen LogP contribution in [0.5, 0.6) is 0 Å². The molecule has 0 saturated carbocycles. The fourth-order valence-corrected chi connectivity index (χ4v) is 1.99. The quantitative estimate of drug-likeness (QED) is 0.774. The van der Waals surface area contributed by atoms with Gasteiger partial charge in [-0.3, -0.25) is 4.90 Å². The molecule has 2 N–H and O–H groups in total. The van der Waals surface area contributed by atoms with Crippen LogP contribution in [0.1, 0.15) is 31.9 Å². The maximum atomic E-state index is 5.87. The lowest BCUT2D eigenvalue weighted by atomic mass is 10.1. The number of hydrogen-bond donors (Lipinski definition) is 1. The van der Waals surface area contributed by atoms with E-state index in [1.54, 1.807) is 0 Å². The van der Waals surface area contributed by atoms with Crippen molar-refractivity contribution in [2.45, 2.75) is 26.3 Å². The number of nitrogens with two attached hydrogens (primary N) is 1. The van der Waals surface area contributed by atoms with Gasteiger partial charge in [0.1, 0.15) is 0 Å². The standard InChI is InChI=1S/C13H22N2/c1-3-10-15(4-2)13(11-14)12-8-6-5-7-9-12/h5-9,13H,3-4,10-11,14H2,1-2H3. The van der Waals surface area contributed by atoms with E-state index >= 15 is 0 Å². The summed E-state index contributed by atoms with van der Waals surface area (Å²) in [7, 11) is 0. The van der Waals surface area contributed by atoms with Crippen molar-refractivity contribution in [2.24, 2.45) is 5.73 Å². The first-order valence-corrected chi connectivity index (χ1v) is 5.82. The summed E-state index contributed by atoms with van der Waals surface area (Å²) in [5, 5.41) is 0. The first kappa shape index (κ1) is 12.2. The summed E-state index contributed by atoms with van der Waals surface area (Å²) >= 11 is 0. The summed E-state index contributed by atoms with van der Waals surface area (Å²) < 4.78 is 0. The van der Waals surface area contributed by atoms with Crippen molar-refractivity contribution >= 4 is 0 Å². The second-order valence-electron chi connectivity index (χ2n) is 3.79. The smallest absolute Gasteiger partial charge is 0.0470 e. The van der Waals surface area contributed by atoms with Gasteiger partial charge in [-0.15, -0.1) is 0 Å². The van der Waals surface area contributed by atoms with E-state index in [9.17, 15) is 0 Å². The van der Waals surface area contributed by atoms with E-state index in [-0.39, 0.29) is 0 Å².